The molecule has 0 saturated carbocycles. The third kappa shape index (κ3) is 2.77. The van der Waals surface area contributed by atoms with E-state index in [1.54, 1.807) is 0 Å². The fourth-order valence-corrected chi connectivity index (χ4v) is 2.90. The Labute approximate surface area is 132 Å². The van der Waals surface area contributed by atoms with Crippen LogP contribution in [0.25, 0.3) is 10.8 Å². The summed E-state index contributed by atoms with van der Waals surface area (Å²) in [7, 11) is 0. The standard InChI is InChI=1S/C17H16BrN3/c1-11(19)12-5-2-3-8-16(12)21-17-14-6-4-7-15(18)13(14)9-10-20-17/h2-11H,19H2,1H3,(H,20,21). The molecular formula is C17H16BrN3. The molecule has 106 valence electrons. The molecule has 3 aromatic rings. The van der Waals surface area contributed by atoms with Crippen molar-refractivity contribution in [3.05, 3.63) is 64.8 Å². The fraction of sp³-hybridized carbons (Fsp3) is 0.118. The molecule has 0 radical (unpaired) electrons. The molecule has 3 nitrogen and oxygen atoms in total. The van der Waals surface area contributed by atoms with E-state index in [4.69, 9.17) is 5.73 Å². The second-order valence-electron chi connectivity index (χ2n) is 5.00. The van der Waals surface area contributed by atoms with Crippen LogP contribution in [0.3, 0.4) is 0 Å². The second-order valence-corrected chi connectivity index (χ2v) is 5.85. The summed E-state index contributed by atoms with van der Waals surface area (Å²) < 4.78 is 1.06. The van der Waals surface area contributed by atoms with Gasteiger partial charge >= 0.3 is 0 Å². The Bertz CT molecular complexity index is 784. The van der Waals surface area contributed by atoms with Crippen molar-refractivity contribution in [2.24, 2.45) is 5.73 Å². The highest BCUT2D eigenvalue weighted by Gasteiger charge is 2.09. The van der Waals surface area contributed by atoms with Crippen LogP contribution in [0.5, 0.6) is 0 Å². The van der Waals surface area contributed by atoms with Crippen molar-refractivity contribution >= 4 is 38.2 Å². The molecular weight excluding hydrogens is 326 g/mol. The normalized spacial score (nSPS) is 12.3. The zero-order chi connectivity index (χ0) is 14.8. The molecule has 1 unspecified atom stereocenters. The maximum absolute atomic E-state index is 6.04. The van der Waals surface area contributed by atoms with Crippen LogP contribution < -0.4 is 11.1 Å². The van der Waals surface area contributed by atoms with E-state index in [1.807, 2.05) is 55.6 Å². The Morgan fingerprint density at radius 1 is 1.05 bits per heavy atom. The van der Waals surface area contributed by atoms with Gasteiger partial charge in [-0.25, -0.2) is 4.98 Å². The lowest BCUT2D eigenvalue weighted by Crippen LogP contribution is -2.08. The van der Waals surface area contributed by atoms with Crippen LogP contribution in [0, 0.1) is 0 Å². The number of para-hydroxylation sites is 1. The summed E-state index contributed by atoms with van der Waals surface area (Å²) in [6.07, 6.45) is 1.81. The number of rotatable bonds is 3. The summed E-state index contributed by atoms with van der Waals surface area (Å²) in [5.74, 6) is 0.835. The highest BCUT2D eigenvalue weighted by Crippen LogP contribution is 2.31. The number of hydrogen-bond acceptors (Lipinski definition) is 3. The van der Waals surface area contributed by atoms with Gasteiger partial charge in [-0.3, -0.25) is 0 Å². The molecule has 2 aromatic carbocycles. The summed E-state index contributed by atoms with van der Waals surface area (Å²) in [5, 5.41) is 5.62. The number of nitrogens with one attached hydrogen (secondary N) is 1. The maximum atomic E-state index is 6.04. The van der Waals surface area contributed by atoms with Crippen molar-refractivity contribution in [2.75, 3.05) is 5.32 Å². The monoisotopic (exact) mass is 341 g/mol. The zero-order valence-corrected chi connectivity index (χ0v) is 13.3. The summed E-state index contributed by atoms with van der Waals surface area (Å²) in [4.78, 5) is 4.47. The molecule has 1 atom stereocenters. The van der Waals surface area contributed by atoms with Gasteiger partial charge < -0.3 is 11.1 Å². The van der Waals surface area contributed by atoms with E-state index < -0.39 is 0 Å². The van der Waals surface area contributed by atoms with Crippen molar-refractivity contribution in [3.8, 4) is 0 Å². The molecule has 4 heteroatoms. The van der Waals surface area contributed by atoms with Crippen LogP contribution in [0.15, 0.2) is 59.2 Å². The topological polar surface area (TPSA) is 50.9 Å². The van der Waals surface area contributed by atoms with Gasteiger partial charge in [0.05, 0.1) is 0 Å². The molecule has 0 saturated heterocycles. The van der Waals surface area contributed by atoms with E-state index in [0.717, 1.165) is 32.3 Å². The van der Waals surface area contributed by atoms with Crippen LogP contribution >= 0.6 is 15.9 Å². The largest absolute Gasteiger partial charge is 0.339 e. The Morgan fingerprint density at radius 3 is 2.67 bits per heavy atom. The Hall–Kier alpha value is -1.91. The molecule has 0 aliphatic rings. The number of anilines is 2. The number of benzene rings is 2. The average molecular weight is 342 g/mol. The average Bonchev–Trinajstić information content (AvgIpc) is 2.49. The molecule has 1 heterocycles. The van der Waals surface area contributed by atoms with Gasteiger partial charge in [0.25, 0.3) is 0 Å². The van der Waals surface area contributed by atoms with E-state index in [9.17, 15) is 0 Å². The van der Waals surface area contributed by atoms with Gasteiger partial charge in [-0.1, -0.05) is 46.3 Å². The molecule has 0 fully saturated rings. The molecule has 0 aliphatic carbocycles. The summed E-state index contributed by atoms with van der Waals surface area (Å²) in [5.41, 5.74) is 8.11. The predicted molar refractivity (Wildman–Crippen MR) is 91.8 cm³/mol. The lowest BCUT2D eigenvalue weighted by molar-refractivity contribution is 0.820. The first-order valence-corrected chi connectivity index (χ1v) is 7.61. The van der Waals surface area contributed by atoms with Crippen molar-refractivity contribution < 1.29 is 0 Å². The van der Waals surface area contributed by atoms with Crippen LogP contribution in [0.4, 0.5) is 11.5 Å². The van der Waals surface area contributed by atoms with Crippen LogP contribution in [-0.4, -0.2) is 4.98 Å². The zero-order valence-electron chi connectivity index (χ0n) is 11.7. The quantitative estimate of drug-likeness (QED) is 0.721. The Balaban J connectivity index is 2.09. The smallest absolute Gasteiger partial charge is 0.138 e. The third-order valence-electron chi connectivity index (χ3n) is 3.46. The van der Waals surface area contributed by atoms with Gasteiger partial charge in [0.1, 0.15) is 5.82 Å². The lowest BCUT2D eigenvalue weighted by atomic mass is 10.1. The number of hydrogen-bond donors (Lipinski definition) is 2. The third-order valence-corrected chi connectivity index (χ3v) is 4.15. The highest BCUT2D eigenvalue weighted by molar-refractivity contribution is 9.10. The fourth-order valence-electron chi connectivity index (χ4n) is 2.40. The number of aromatic nitrogens is 1. The van der Waals surface area contributed by atoms with Gasteiger partial charge in [0, 0.05) is 33.2 Å². The first-order valence-electron chi connectivity index (χ1n) is 6.81. The summed E-state index contributed by atoms with van der Waals surface area (Å²) in [6, 6.07) is 16.1. The molecule has 3 rings (SSSR count). The van der Waals surface area contributed by atoms with Crippen LogP contribution in [0.2, 0.25) is 0 Å². The summed E-state index contributed by atoms with van der Waals surface area (Å²) in [6.45, 7) is 1.98. The number of pyridine rings is 1. The molecule has 0 bridgehead atoms. The number of halogens is 1. The molecule has 0 spiro atoms. The van der Waals surface area contributed by atoms with Gasteiger partial charge in [-0.2, -0.15) is 0 Å². The van der Waals surface area contributed by atoms with Crippen molar-refractivity contribution in [3.63, 3.8) is 0 Å². The van der Waals surface area contributed by atoms with Crippen LogP contribution in [-0.2, 0) is 0 Å². The molecule has 0 aliphatic heterocycles. The van der Waals surface area contributed by atoms with Crippen molar-refractivity contribution in [1.29, 1.82) is 0 Å². The first-order chi connectivity index (χ1) is 10.2. The van der Waals surface area contributed by atoms with E-state index in [-0.39, 0.29) is 6.04 Å². The maximum Gasteiger partial charge on any atom is 0.138 e. The Morgan fingerprint density at radius 2 is 1.86 bits per heavy atom. The van der Waals surface area contributed by atoms with E-state index in [2.05, 4.69) is 32.3 Å². The molecule has 1 aromatic heterocycles. The van der Waals surface area contributed by atoms with E-state index >= 15 is 0 Å². The highest BCUT2D eigenvalue weighted by atomic mass is 79.9. The minimum absolute atomic E-state index is 0.0320. The number of nitrogens with two attached hydrogens (primary N) is 1. The first kappa shape index (κ1) is 14.0. The number of nitrogens with zero attached hydrogens (tertiary/aromatic N) is 1. The molecule has 3 N–H and O–H groups in total. The lowest BCUT2D eigenvalue weighted by Gasteiger charge is -2.15. The minimum Gasteiger partial charge on any atom is -0.339 e. The van der Waals surface area contributed by atoms with E-state index in [0.29, 0.717) is 0 Å². The number of fused-ring (bicyclic) bond motifs is 1. The van der Waals surface area contributed by atoms with Gasteiger partial charge in [-0.05, 0) is 30.7 Å². The van der Waals surface area contributed by atoms with Crippen molar-refractivity contribution in [2.45, 2.75) is 13.0 Å². The van der Waals surface area contributed by atoms with E-state index in [1.165, 1.54) is 0 Å². The SMILES string of the molecule is CC(N)c1ccccc1Nc1nccc2c(Br)cccc12. The van der Waals surface area contributed by atoms with Crippen LogP contribution in [0.1, 0.15) is 18.5 Å². The Kier molecular flexibility index (Phi) is 3.90. The minimum atomic E-state index is -0.0320. The van der Waals surface area contributed by atoms with Gasteiger partial charge in [-0.15, -0.1) is 0 Å². The van der Waals surface area contributed by atoms with Gasteiger partial charge in [0.15, 0.2) is 0 Å². The second kappa shape index (κ2) is 5.84. The molecule has 21 heavy (non-hydrogen) atoms. The molecule has 0 amide bonds. The predicted octanol–water partition coefficient (Wildman–Crippen LogP) is 4.76. The summed E-state index contributed by atoms with van der Waals surface area (Å²) >= 11 is 3.58. The van der Waals surface area contributed by atoms with Crippen molar-refractivity contribution in [1.82, 2.24) is 4.98 Å². The van der Waals surface area contributed by atoms with Gasteiger partial charge in [0.2, 0.25) is 0 Å².